The van der Waals surface area contributed by atoms with E-state index in [4.69, 9.17) is 5.73 Å². The number of anilines is 2. The van der Waals surface area contributed by atoms with Crippen LogP contribution in [0.25, 0.3) is 0 Å². The van der Waals surface area contributed by atoms with Crippen molar-refractivity contribution >= 4 is 17.4 Å². The molecule has 7 heteroatoms. The van der Waals surface area contributed by atoms with Crippen molar-refractivity contribution in [1.82, 2.24) is 20.1 Å². The van der Waals surface area contributed by atoms with Crippen LogP contribution in [-0.2, 0) is 0 Å². The van der Waals surface area contributed by atoms with Gasteiger partial charge in [-0.2, -0.15) is 5.10 Å². The minimum atomic E-state index is -0.0966. The normalized spacial score (nSPS) is 15.4. The summed E-state index contributed by atoms with van der Waals surface area (Å²) in [6.45, 7) is 2.81. The summed E-state index contributed by atoms with van der Waals surface area (Å²) in [5.41, 5.74) is 6.47. The van der Waals surface area contributed by atoms with Gasteiger partial charge in [-0.05, 0) is 12.1 Å². The predicted molar refractivity (Wildman–Crippen MR) is 75.4 cm³/mol. The lowest BCUT2D eigenvalue weighted by Gasteiger charge is -2.35. The van der Waals surface area contributed by atoms with Crippen LogP contribution in [0.15, 0.2) is 30.6 Å². The number of hydrogen-bond donors (Lipinski definition) is 2. The van der Waals surface area contributed by atoms with Crippen LogP contribution in [-0.4, -0.2) is 52.2 Å². The van der Waals surface area contributed by atoms with Gasteiger partial charge < -0.3 is 15.5 Å². The van der Waals surface area contributed by atoms with E-state index in [1.807, 2.05) is 18.2 Å². The standard InChI is InChI=1S/C13H16N6O/c14-10-9-16-17-12(10)13(20)19-7-5-18(6-8-19)11-3-1-2-4-15-11/h1-4,9H,5-8,14H2,(H,16,17). The number of nitrogens with one attached hydrogen (secondary N) is 1. The molecule has 7 nitrogen and oxygen atoms in total. The quantitative estimate of drug-likeness (QED) is 0.823. The van der Waals surface area contributed by atoms with Crippen molar-refractivity contribution in [2.75, 3.05) is 36.8 Å². The number of H-pyrrole nitrogens is 1. The zero-order valence-corrected chi connectivity index (χ0v) is 11.0. The Morgan fingerprint density at radius 2 is 2.05 bits per heavy atom. The minimum Gasteiger partial charge on any atom is -0.396 e. The Morgan fingerprint density at radius 1 is 1.25 bits per heavy atom. The fourth-order valence-corrected chi connectivity index (χ4v) is 2.30. The van der Waals surface area contributed by atoms with Crippen LogP contribution in [0.4, 0.5) is 11.5 Å². The molecule has 1 saturated heterocycles. The SMILES string of the molecule is Nc1cn[nH]c1C(=O)N1CCN(c2ccccn2)CC1. The monoisotopic (exact) mass is 272 g/mol. The molecule has 0 unspecified atom stereocenters. The highest BCUT2D eigenvalue weighted by Crippen LogP contribution is 2.15. The van der Waals surface area contributed by atoms with Crippen molar-refractivity contribution in [3.8, 4) is 0 Å². The average Bonchev–Trinajstić information content (AvgIpc) is 2.94. The number of aromatic amines is 1. The fourth-order valence-electron chi connectivity index (χ4n) is 2.30. The van der Waals surface area contributed by atoms with Gasteiger partial charge in [0.1, 0.15) is 11.5 Å². The molecule has 0 saturated carbocycles. The van der Waals surface area contributed by atoms with Gasteiger partial charge in [0.05, 0.1) is 11.9 Å². The number of aromatic nitrogens is 3. The van der Waals surface area contributed by atoms with E-state index >= 15 is 0 Å². The van der Waals surface area contributed by atoms with Crippen LogP contribution >= 0.6 is 0 Å². The first kappa shape index (κ1) is 12.5. The smallest absolute Gasteiger partial charge is 0.274 e. The van der Waals surface area contributed by atoms with Crippen LogP contribution < -0.4 is 10.6 Å². The Morgan fingerprint density at radius 3 is 2.65 bits per heavy atom. The molecule has 0 bridgehead atoms. The maximum absolute atomic E-state index is 12.3. The molecule has 3 N–H and O–H groups in total. The lowest BCUT2D eigenvalue weighted by molar-refractivity contribution is 0.0741. The van der Waals surface area contributed by atoms with Crippen molar-refractivity contribution in [3.63, 3.8) is 0 Å². The van der Waals surface area contributed by atoms with Gasteiger partial charge in [-0.15, -0.1) is 0 Å². The lowest BCUT2D eigenvalue weighted by Crippen LogP contribution is -2.49. The Balaban J connectivity index is 1.64. The number of hydrogen-bond acceptors (Lipinski definition) is 5. The molecule has 0 radical (unpaired) electrons. The van der Waals surface area contributed by atoms with Crippen LogP contribution in [0.2, 0.25) is 0 Å². The van der Waals surface area contributed by atoms with Gasteiger partial charge in [-0.3, -0.25) is 9.89 Å². The first-order valence-corrected chi connectivity index (χ1v) is 6.50. The lowest BCUT2D eigenvalue weighted by atomic mass is 10.2. The molecule has 0 atom stereocenters. The summed E-state index contributed by atoms with van der Waals surface area (Å²) in [7, 11) is 0. The van der Waals surface area contributed by atoms with E-state index < -0.39 is 0 Å². The number of nitrogens with zero attached hydrogens (tertiary/aromatic N) is 4. The molecule has 1 fully saturated rings. The molecule has 1 aliphatic heterocycles. The summed E-state index contributed by atoms with van der Waals surface area (Å²) < 4.78 is 0. The van der Waals surface area contributed by atoms with E-state index in [1.54, 1.807) is 11.1 Å². The molecule has 20 heavy (non-hydrogen) atoms. The van der Waals surface area contributed by atoms with Crippen molar-refractivity contribution in [2.45, 2.75) is 0 Å². The zero-order chi connectivity index (χ0) is 13.9. The van der Waals surface area contributed by atoms with Crippen LogP contribution in [0.3, 0.4) is 0 Å². The maximum Gasteiger partial charge on any atom is 0.274 e. The molecule has 2 aromatic rings. The maximum atomic E-state index is 12.3. The number of carbonyl (C=O) groups excluding carboxylic acids is 1. The van der Waals surface area contributed by atoms with E-state index in [-0.39, 0.29) is 5.91 Å². The molecule has 0 aromatic carbocycles. The third-order valence-electron chi connectivity index (χ3n) is 3.42. The van der Waals surface area contributed by atoms with Gasteiger partial charge in [0, 0.05) is 32.4 Å². The molecule has 104 valence electrons. The number of amides is 1. The molecule has 1 aliphatic rings. The molecular weight excluding hydrogens is 256 g/mol. The fraction of sp³-hybridized carbons (Fsp3) is 0.308. The van der Waals surface area contributed by atoms with Crippen molar-refractivity contribution in [1.29, 1.82) is 0 Å². The summed E-state index contributed by atoms with van der Waals surface area (Å²) >= 11 is 0. The highest BCUT2D eigenvalue weighted by Gasteiger charge is 2.24. The molecule has 3 heterocycles. The van der Waals surface area contributed by atoms with Crippen LogP contribution in [0, 0.1) is 0 Å². The van der Waals surface area contributed by atoms with E-state index in [9.17, 15) is 4.79 Å². The van der Waals surface area contributed by atoms with Crippen molar-refractivity contribution < 1.29 is 4.79 Å². The minimum absolute atomic E-state index is 0.0966. The van der Waals surface area contributed by atoms with Gasteiger partial charge >= 0.3 is 0 Å². The molecule has 0 aliphatic carbocycles. The Bertz CT molecular complexity index is 588. The summed E-state index contributed by atoms with van der Waals surface area (Å²) in [6, 6.07) is 5.83. The summed E-state index contributed by atoms with van der Waals surface area (Å²) in [5, 5.41) is 6.44. The topological polar surface area (TPSA) is 91.1 Å². The third-order valence-corrected chi connectivity index (χ3v) is 3.42. The van der Waals surface area contributed by atoms with E-state index in [0.29, 0.717) is 24.5 Å². The Hall–Kier alpha value is -2.57. The highest BCUT2D eigenvalue weighted by atomic mass is 16.2. The number of pyridine rings is 1. The molecule has 1 amide bonds. The van der Waals surface area contributed by atoms with Crippen molar-refractivity contribution in [2.24, 2.45) is 0 Å². The van der Waals surface area contributed by atoms with Gasteiger partial charge in [-0.1, -0.05) is 6.07 Å². The van der Waals surface area contributed by atoms with E-state index in [0.717, 1.165) is 18.9 Å². The molecule has 3 rings (SSSR count). The number of nitrogen functional groups attached to an aromatic ring is 1. The average molecular weight is 272 g/mol. The Labute approximate surface area is 116 Å². The second-order valence-corrected chi connectivity index (χ2v) is 4.67. The van der Waals surface area contributed by atoms with E-state index in [1.165, 1.54) is 6.20 Å². The van der Waals surface area contributed by atoms with Gasteiger partial charge in [-0.25, -0.2) is 4.98 Å². The molecule has 2 aromatic heterocycles. The van der Waals surface area contributed by atoms with Crippen LogP contribution in [0.5, 0.6) is 0 Å². The number of carbonyl (C=O) groups is 1. The van der Waals surface area contributed by atoms with Crippen molar-refractivity contribution in [3.05, 3.63) is 36.3 Å². The van der Waals surface area contributed by atoms with Gasteiger partial charge in [0.15, 0.2) is 0 Å². The largest absolute Gasteiger partial charge is 0.396 e. The second-order valence-electron chi connectivity index (χ2n) is 4.67. The summed E-state index contributed by atoms with van der Waals surface area (Å²) in [6.07, 6.45) is 3.23. The molecule has 0 spiro atoms. The number of piperazine rings is 1. The van der Waals surface area contributed by atoms with Gasteiger partial charge in [0.25, 0.3) is 5.91 Å². The summed E-state index contributed by atoms with van der Waals surface area (Å²) in [4.78, 5) is 20.5. The second kappa shape index (κ2) is 5.20. The molecular formula is C13H16N6O. The zero-order valence-electron chi connectivity index (χ0n) is 11.0. The first-order chi connectivity index (χ1) is 9.75. The van der Waals surface area contributed by atoms with Crippen LogP contribution in [0.1, 0.15) is 10.5 Å². The van der Waals surface area contributed by atoms with Gasteiger partial charge in [0.2, 0.25) is 0 Å². The third kappa shape index (κ3) is 2.29. The Kier molecular flexibility index (Phi) is 3.24. The van der Waals surface area contributed by atoms with E-state index in [2.05, 4.69) is 20.1 Å². The highest BCUT2D eigenvalue weighted by molar-refractivity contribution is 5.97. The number of nitrogens with two attached hydrogens (primary N) is 1. The first-order valence-electron chi connectivity index (χ1n) is 6.50. The number of rotatable bonds is 2. The predicted octanol–water partition coefficient (Wildman–Crippen LogP) is 0.349. The summed E-state index contributed by atoms with van der Waals surface area (Å²) in [5.74, 6) is 0.848.